The number of carbonyl (C=O) groups excluding carboxylic acids is 2. The zero-order valence-electron chi connectivity index (χ0n) is 26.9. The van der Waals surface area contributed by atoms with Gasteiger partial charge in [-0.1, -0.05) is 93.4 Å². The van der Waals surface area contributed by atoms with Gasteiger partial charge in [-0.15, -0.1) is 0 Å². The molecule has 0 aromatic heterocycles. The highest BCUT2D eigenvalue weighted by Gasteiger charge is 2.60. The van der Waals surface area contributed by atoms with Gasteiger partial charge in [-0.3, -0.25) is 0 Å². The summed E-state index contributed by atoms with van der Waals surface area (Å²) in [5, 5.41) is 3.61. The van der Waals surface area contributed by atoms with Crippen LogP contribution in [-0.2, 0) is 9.47 Å². The van der Waals surface area contributed by atoms with E-state index in [2.05, 4.69) is 55.6 Å². The summed E-state index contributed by atoms with van der Waals surface area (Å²) in [5.74, 6) is -0.659. The Kier molecular flexibility index (Phi) is 10.0. The summed E-state index contributed by atoms with van der Waals surface area (Å²) in [6.07, 6.45) is 11.0. The lowest BCUT2D eigenvalue weighted by Crippen LogP contribution is -2.57. The minimum absolute atomic E-state index is 0.0479. The number of fused-ring (bicyclic) bond motifs is 6. The fourth-order valence-corrected chi connectivity index (χ4v) is 7.85. The fourth-order valence-electron chi connectivity index (χ4n) is 7.85. The van der Waals surface area contributed by atoms with E-state index < -0.39 is 24.1 Å². The number of allylic oxidation sites excluding steroid dienone is 3. The first kappa shape index (κ1) is 31.8. The monoisotopic (exact) mass is 618 g/mol. The zero-order chi connectivity index (χ0) is 32.0. The molecule has 0 saturated heterocycles. The van der Waals surface area contributed by atoms with E-state index in [1.807, 2.05) is 36.4 Å². The second kappa shape index (κ2) is 14.5. The first-order valence-electron chi connectivity index (χ1n) is 17.0. The lowest BCUT2D eigenvalue weighted by molar-refractivity contribution is -0.112. The minimum Gasteiger partial charge on any atom is -0.454 e. The van der Waals surface area contributed by atoms with E-state index in [1.54, 1.807) is 24.3 Å². The van der Waals surface area contributed by atoms with Crippen LogP contribution in [-0.4, -0.2) is 30.7 Å². The summed E-state index contributed by atoms with van der Waals surface area (Å²) < 4.78 is 13.0. The molecule has 3 aliphatic carbocycles. The first-order valence-corrected chi connectivity index (χ1v) is 17.0. The zero-order valence-corrected chi connectivity index (χ0v) is 26.9. The Balaban J connectivity index is 1.44. The number of rotatable bonds is 11. The Morgan fingerprint density at radius 2 is 1.48 bits per heavy atom. The molecule has 0 radical (unpaired) electrons. The number of carbonyl (C=O) groups is 2. The van der Waals surface area contributed by atoms with Crippen LogP contribution in [0.2, 0.25) is 0 Å². The van der Waals surface area contributed by atoms with Crippen molar-refractivity contribution in [3.05, 3.63) is 131 Å². The number of benzene rings is 3. The van der Waals surface area contributed by atoms with Crippen molar-refractivity contribution < 1.29 is 19.1 Å². The third-order valence-corrected chi connectivity index (χ3v) is 10.0. The maximum Gasteiger partial charge on any atom is 0.338 e. The van der Waals surface area contributed by atoms with E-state index in [1.165, 1.54) is 11.1 Å². The van der Waals surface area contributed by atoms with Gasteiger partial charge in [-0.05, 0) is 84.6 Å². The van der Waals surface area contributed by atoms with Crippen LogP contribution >= 0.6 is 0 Å². The van der Waals surface area contributed by atoms with Gasteiger partial charge < -0.3 is 20.5 Å². The fraction of sp³-hybridized carbons (Fsp3) is 0.400. The molecule has 0 amide bonds. The molecular weight excluding hydrogens is 572 g/mol. The molecule has 1 fully saturated rings. The molecule has 6 nitrogen and oxygen atoms in total. The Bertz CT molecular complexity index is 1570. The molecule has 46 heavy (non-hydrogen) atoms. The summed E-state index contributed by atoms with van der Waals surface area (Å²) in [6, 6.07) is 24.5. The molecule has 0 bridgehead atoms. The molecule has 0 heterocycles. The molecule has 3 aromatic rings. The van der Waals surface area contributed by atoms with Crippen molar-refractivity contribution in [1.82, 2.24) is 5.32 Å². The third kappa shape index (κ3) is 6.41. The highest BCUT2D eigenvalue weighted by molar-refractivity contribution is 5.90. The van der Waals surface area contributed by atoms with Gasteiger partial charge in [-0.2, -0.15) is 0 Å². The molecule has 6 heteroatoms. The second-order valence-corrected chi connectivity index (χ2v) is 12.9. The lowest BCUT2D eigenvalue weighted by atomic mass is 9.50. The maximum atomic E-state index is 13.8. The van der Waals surface area contributed by atoms with Crippen LogP contribution in [0.5, 0.6) is 0 Å². The van der Waals surface area contributed by atoms with Crippen LogP contribution in [0.1, 0.15) is 108 Å². The highest BCUT2D eigenvalue weighted by atomic mass is 16.6. The average Bonchev–Trinajstić information content (AvgIpc) is 3.06. The number of nitrogens with one attached hydrogen (secondary N) is 1. The first-order chi connectivity index (χ1) is 22.5. The molecule has 0 aliphatic heterocycles. The Morgan fingerprint density at radius 1 is 0.804 bits per heavy atom. The van der Waals surface area contributed by atoms with Crippen molar-refractivity contribution in [2.45, 2.75) is 82.5 Å². The van der Waals surface area contributed by atoms with Crippen LogP contribution in [0.4, 0.5) is 0 Å². The molecule has 3 N–H and O–H groups in total. The number of hydrogen-bond acceptors (Lipinski definition) is 6. The largest absolute Gasteiger partial charge is 0.454 e. The van der Waals surface area contributed by atoms with E-state index in [9.17, 15) is 9.59 Å². The Labute approximate surface area is 273 Å². The van der Waals surface area contributed by atoms with Gasteiger partial charge in [0.2, 0.25) is 0 Å². The van der Waals surface area contributed by atoms with Gasteiger partial charge >= 0.3 is 11.9 Å². The Morgan fingerprint density at radius 3 is 2.13 bits per heavy atom. The number of unbranched alkanes of at least 4 members (excludes halogenated alkanes) is 1. The summed E-state index contributed by atoms with van der Waals surface area (Å²) in [5.41, 5.74) is 12.5. The molecule has 240 valence electrons. The van der Waals surface area contributed by atoms with Crippen LogP contribution in [0, 0.1) is 11.8 Å². The molecule has 0 spiro atoms. The minimum atomic E-state index is -0.659. The van der Waals surface area contributed by atoms with Crippen LogP contribution in [0.15, 0.2) is 103 Å². The maximum absolute atomic E-state index is 13.8. The van der Waals surface area contributed by atoms with Gasteiger partial charge in [0.05, 0.1) is 11.1 Å². The summed E-state index contributed by atoms with van der Waals surface area (Å²) in [4.78, 5) is 27.5. The molecule has 3 aromatic carbocycles. The number of nitrogens with two attached hydrogens (primary N) is 1. The van der Waals surface area contributed by atoms with Crippen LogP contribution < -0.4 is 11.1 Å². The normalized spacial score (nSPS) is 25.2. The van der Waals surface area contributed by atoms with Crippen molar-refractivity contribution in [2.24, 2.45) is 17.6 Å². The summed E-state index contributed by atoms with van der Waals surface area (Å²) >= 11 is 0. The van der Waals surface area contributed by atoms with Crippen LogP contribution in [0.3, 0.4) is 0 Å². The molecule has 5 unspecified atom stereocenters. The van der Waals surface area contributed by atoms with E-state index in [0.29, 0.717) is 17.5 Å². The van der Waals surface area contributed by atoms with Gasteiger partial charge in [0, 0.05) is 30.1 Å². The van der Waals surface area contributed by atoms with Gasteiger partial charge in [0.15, 0.2) is 0 Å². The van der Waals surface area contributed by atoms with Crippen molar-refractivity contribution in [3.8, 4) is 0 Å². The smallest absolute Gasteiger partial charge is 0.338 e. The van der Waals surface area contributed by atoms with Gasteiger partial charge in [-0.25, -0.2) is 9.59 Å². The standard InChI is InChI=1S/C40H46N2O4/c1-3-5-25-42-28-19-12-20-30-29(24-23-28)34-32-22-13-21-31(33(41)14-4-2)35(32)36(34)38(46-40(44)27-17-10-7-11-18-27)37(30)45-39(43)26-15-8-6-9-16-26/h6-13,15-19,21-23,29-30,33-34,36-38,42H,3-5,14,20,24-25,41H2,1-2H3/t29-,30?,33?,34+,36?,37?,38?/m0/s1. The van der Waals surface area contributed by atoms with Crippen molar-refractivity contribution >= 4 is 11.9 Å². The molecular formula is C40H46N2O4. The van der Waals surface area contributed by atoms with Crippen molar-refractivity contribution in [3.63, 3.8) is 0 Å². The topological polar surface area (TPSA) is 90.6 Å². The quantitative estimate of drug-likeness (QED) is 0.167. The van der Waals surface area contributed by atoms with Crippen molar-refractivity contribution in [1.29, 1.82) is 0 Å². The molecule has 6 rings (SSSR count). The Hall–Kier alpha value is -4.16. The van der Waals surface area contributed by atoms with E-state index in [-0.39, 0.29) is 29.7 Å². The van der Waals surface area contributed by atoms with E-state index in [4.69, 9.17) is 15.2 Å². The lowest BCUT2D eigenvalue weighted by Gasteiger charge is -2.57. The van der Waals surface area contributed by atoms with Crippen molar-refractivity contribution in [2.75, 3.05) is 6.54 Å². The molecule has 1 saturated carbocycles. The molecule has 3 aliphatic rings. The van der Waals surface area contributed by atoms with E-state index >= 15 is 0 Å². The van der Waals surface area contributed by atoms with Crippen LogP contribution in [0.25, 0.3) is 0 Å². The molecule has 7 atom stereocenters. The highest BCUT2D eigenvalue weighted by Crippen LogP contribution is 2.63. The SMILES string of the molecule is CCCCNC1=CC[C@H]2C(CC=C1)C(OC(=O)c1ccccc1)C(OC(=O)c1ccccc1)C1c3c(C(N)CCC)cccc3[C@H]12. The second-order valence-electron chi connectivity index (χ2n) is 12.9. The third-order valence-electron chi connectivity index (χ3n) is 10.0. The average molecular weight is 619 g/mol. The van der Waals surface area contributed by atoms with E-state index in [0.717, 1.165) is 49.9 Å². The number of esters is 2. The summed E-state index contributed by atoms with van der Waals surface area (Å²) in [6.45, 7) is 5.28. The number of hydrogen-bond donors (Lipinski definition) is 2. The van der Waals surface area contributed by atoms with Gasteiger partial charge in [0.1, 0.15) is 12.2 Å². The summed E-state index contributed by atoms with van der Waals surface area (Å²) in [7, 11) is 0. The number of ether oxygens (including phenoxy) is 2. The van der Waals surface area contributed by atoms with Gasteiger partial charge in [0.25, 0.3) is 0 Å². The predicted molar refractivity (Wildman–Crippen MR) is 181 cm³/mol. The predicted octanol–water partition coefficient (Wildman–Crippen LogP) is 7.99.